The first-order valence-corrected chi connectivity index (χ1v) is 8.72. The molecular formula is C20H32O6. The van der Waals surface area contributed by atoms with Crippen molar-refractivity contribution in [3.8, 4) is 0 Å². The monoisotopic (exact) mass is 368 g/mol. The van der Waals surface area contributed by atoms with Crippen molar-refractivity contribution in [2.75, 3.05) is 7.11 Å². The Bertz CT molecular complexity index is 504. The Morgan fingerprint density at radius 3 is 2.23 bits per heavy atom. The number of carboxylic acid groups (broad SMARTS) is 1. The highest BCUT2D eigenvalue weighted by molar-refractivity contribution is 5.89. The van der Waals surface area contributed by atoms with Crippen molar-refractivity contribution in [2.45, 2.75) is 65.4 Å². The minimum Gasteiger partial charge on any atom is -0.478 e. The number of unbranched alkanes of at least 4 members (excludes halogenated alkanes) is 2. The van der Waals surface area contributed by atoms with Crippen LogP contribution in [0.4, 0.5) is 0 Å². The minimum absolute atomic E-state index is 0.0806. The van der Waals surface area contributed by atoms with Crippen LogP contribution < -0.4 is 0 Å². The molecule has 0 aromatic carbocycles. The summed E-state index contributed by atoms with van der Waals surface area (Å²) in [6.45, 7) is 12.5. The van der Waals surface area contributed by atoms with Gasteiger partial charge in [0, 0.05) is 17.2 Å². The fourth-order valence-corrected chi connectivity index (χ4v) is 1.77. The molecule has 0 fully saturated rings. The van der Waals surface area contributed by atoms with Crippen LogP contribution in [-0.2, 0) is 23.9 Å². The van der Waals surface area contributed by atoms with Gasteiger partial charge in [0.1, 0.15) is 6.10 Å². The van der Waals surface area contributed by atoms with Gasteiger partial charge in [-0.25, -0.2) is 14.4 Å². The third-order valence-electron chi connectivity index (χ3n) is 3.50. The lowest BCUT2D eigenvalue weighted by Gasteiger charge is -2.14. The van der Waals surface area contributed by atoms with E-state index in [0.29, 0.717) is 0 Å². The maximum absolute atomic E-state index is 10.9. The lowest BCUT2D eigenvalue weighted by molar-refractivity contribution is -0.143. The van der Waals surface area contributed by atoms with Gasteiger partial charge in [-0.05, 0) is 32.6 Å². The summed E-state index contributed by atoms with van der Waals surface area (Å²) in [5.74, 6) is -1.82. The molecule has 0 aliphatic heterocycles. The van der Waals surface area contributed by atoms with E-state index >= 15 is 0 Å². The van der Waals surface area contributed by atoms with E-state index in [0.717, 1.165) is 19.3 Å². The average molecular weight is 368 g/mol. The van der Waals surface area contributed by atoms with E-state index in [1.165, 1.54) is 39.0 Å². The van der Waals surface area contributed by atoms with Gasteiger partial charge >= 0.3 is 17.9 Å². The second-order valence-electron chi connectivity index (χ2n) is 5.66. The number of hydrogen-bond acceptors (Lipinski definition) is 5. The summed E-state index contributed by atoms with van der Waals surface area (Å²) in [6, 6.07) is 0. The van der Waals surface area contributed by atoms with Gasteiger partial charge < -0.3 is 14.6 Å². The number of allylic oxidation sites excluding steroid dienone is 1. The van der Waals surface area contributed by atoms with E-state index in [2.05, 4.69) is 24.8 Å². The van der Waals surface area contributed by atoms with Gasteiger partial charge in [-0.1, -0.05) is 45.9 Å². The lowest BCUT2D eigenvalue weighted by Crippen LogP contribution is -2.15. The maximum Gasteiger partial charge on any atom is 0.333 e. The first kappa shape index (κ1) is 25.9. The van der Waals surface area contributed by atoms with E-state index in [1.807, 2.05) is 6.92 Å². The molecule has 0 aromatic heterocycles. The highest BCUT2D eigenvalue weighted by Gasteiger charge is 2.09. The zero-order valence-electron chi connectivity index (χ0n) is 16.4. The van der Waals surface area contributed by atoms with Crippen LogP contribution >= 0.6 is 0 Å². The highest BCUT2D eigenvalue weighted by Crippen LogP contribution is 2.10. The topological polar surface area (TPSA) is 89.9 Å². The summed E-state index contributed by atoms with van der Waals surface area (Å²) in [5.41, 5.74) is 0.424. The lowest BCUT2D eigenvalue weighted by atomic mass is 10.1. The Balaban J connectivity index is 0. The van der Waals surface area contributed by atoms with Gasteiger partial charge in [-0.15, -0.1) is 0 Å². The van der Waals surface area contributed by atoms with Crippen LogP contribution in [-0.4, -0.2) is 36.2 Å². The normalized spacial score (nSPS) is 11.5. The van der Waals surface area contributed by atoms with Crippen molar-refractivity contribution >= 4 is 17.9 Å². The van der Waals surface area contributed by atoms with E-state index < -0.39 is 11.9 Å². The van der Waals surface area contributed by atoms with Gasteiger partial charge in [0.2, 0.25) is 0 Å². The largest absolute Gasteiger partial charge is 0.478 e. The number of methoxy groups -OCH3 is 1. The molecule has 6 nitrogen and oxygen atoms in total. The van der Waals surface area contributed by atoms with Crippen molar-refractivity contribution < 1.29 is 29.0 Å². The Morgan fingerprint density at radius 1 is 1.19 bits per heavy atom. The summed E-state index contributed by atoms with van der Waals surface area (Å²) in [4.78, 5) is 32.0. The molecule has 26 heavy (non-hydrogen) atoms. The van der Waals surface area contributed by atoms with Gasteiger partial charge in [0.25, 0.3) is 0 Å². The summed E-state index contributed by atoms with van der Waals surface area (Å²) < 4.78 is 9.53. The molecule has 1 unspecified atom stereocenters. The van der Waals surface area contributed by atoms with Crippen LogP contribution in [0, 0.1) is 0 Å². The second-order valence-corrected chi connectivity index (χ2v) is 5.66. The molecule has 1 atom stereocenters. The Morgan fingerprint density at radius 2 is 1.81 bits per heavy atom. The molecule has 0 saturated carbocycles. The molecule has 0 aliphatic rings. The number of aliphatic carboxylic acids is 1. The van der Waals surface area contributed by atoms with Crippen molar-refractivity contribution in [2.24, 2.45) is 0 Å². The smallest absolute Gasteiger partial charge is 0.333 e. The van der Waals surface area contributed by atoms with Crippen molar-refractivity contribution in [3.63, 3.8) is 0 Å². The summed E-state index contributed by atoms with van der Waals surface area (Å²) in [6.07, 6.45) is 8.34. The molecule has 0 spiro atoms. The molecule has 0 aromatic rings. The molecule has 0 radical (unpaired) electrons. The molecular weight excluding hydrogens is 336 g/mol. The van der Waals surface area contributed by atoms with Crippen LogP contribution in [0.15, 0.2) is 36.5 Å². The second kappa shape index (κ2) is 16.1. The molecule has 6 heteroatoms. The number of rotatable bonds is 11. The van der Waals surface area contributed by atoms with Crippen LogP contribution in [0.5, 0.6) is 0 Å². The number of ether oxygens (including phenoxy) is 2. The van der Waals surface area contributed by atoms with Crippen LogP contribution in [0.2, 0.25) is 0 Å². The van der Waals surface area contributed by atoms with Crippen LogP contribution in [0.25, 0.3) is 0 Å². The van der Waals surface area contributed by atoms with Crippen molar-refractivity contribution in [1.82, 2.24) is 0 Å². The number of carboxylic acids is 1. The van der Waals surface area contributed by atoms with E-state index in [9.17, 15) is 14.4 Å². The molecule has 0 bridgehead atoms. The summed E-state index contributed by atoms with van der Waals surface area (Å²) in [5, 5.41) is 8.48. The third kappa shape index (κ3) is 14.0. The minimum atomic E-state index is -1.00. The molecule has 0 aliphatic carbocycles. The highest BCUT2D eigenvalue weighted by atomic mass is 16.5. The fraction of sp³-hybridized carbons (Fsp3) is 0.550. The Labute approximate surface area is 156 Å². The first-order valence-electron chi connectivity index (χ1n) is 8.72. The van der Waals surface area contributed by atoms with E-state index in [1.54, 1.807) is 0 Å². The molecule has 0 rings (SSSR count). The molecule has 0 heterocycles. The Kier molecular flexibility index (Phi) is 16.0. The number of esters is 2. The zero-order valence-corrected chi connectivity index (χ0v) is 16.4. The number of carbonyl (C=O) groups is 3. The number of hydrogen-bond donors (Lipinski definition) is 1. The van der Waals surface area contributed by atoms with Gasteiger partial charge in [0.05, 0.1) is 7.11 Å². The Hall–Kier alpha value is -2.37. The predicted octanol–water partition coefficient (Wildman–Crippen LogP) is 4.21. The molecule has 0 amide bonds. The number of carbonyl (C=O) groups excluding carboxylic acids is 2. The molecule has 0 saturated heterocycles. The first-order chi connectivity index (χ1) is 12.2. The van der Waals surface area contributed by atoms with Crippen molar-refractivity contribution in [3.05, 3.63) is 36.5 Å². The van der Waals surface area contributed by atoms with Gasteiger partial charge in [0.15, 0.2) is 0 Å². The van der Waals surface area contributed by atoms with Crippen LogP contribution in [0.3, 0.4) is 0 Å². The quantitative estimate of drug-likeness (QED) is 0.334. The summed E-state index contributed by atoms with van der Waals surface area (Å²) in [7, 11) is 1.25. The average Bonchev–Trinajstić information content (AvgIpc) is 2.64. The fourth-order valence-electron chi connectivity index (χ4n) is 1.77. The van der Waals surface area contributed by atoms with E-state index in [4.69, 9.17) is 9.84 Å². The SMILES string of the molecule is C=C(CC=C(C)C(=O)O)C(=O)OC.C=CC(=O)OC(CC)CCCCC. The van der Waals surface area contributed by atoms with E-state index in [-0.39, 0.29) is 29.6 Å². The molecule has 148 valence electrons. The van der Waals surface area contributed by atoms with Crippen LogP contribution in [0.1, 0.15) is 59.3 Å². The van der Waals surface area contributed by atoms with Gasteiger partial charge in [-0.3, -0.25) is 0 Å². The van der Waals surface area contributed by atoms with Gasteiger partial charge in [-0.2, -0.15) is 0 Å². The van der Waals surface area contributed by atoms with Crippen molar-refractivity contribution in [1.29, 1.82) is 0 Å². The molecule has 1 N–H and O–H groups in total. The zero-order chi connectivity index (χ0) is 20.5. The maximum atomic E-state index is 10.9. The standard InChI is InChI=1S/C11H20O2.C9H12O4/c1-4-7-8-9-10(5-2)13-11(12)6-3;1-6(8(10)11)4-5-7(2)9(12)13-3/h6,10H,3-5,7-9H2,1-2H3;4H,2,5H2,1,3H3,(H,10,11). The third-order valence-corrected chi connectivity index (χ3v) is 3.50. The predicted molar refractivity (Wildman–Crippen MR) is 102 cm³/mol. The summed E-state index contributed by atoms with van der Waals surface area (Å²) >= 11 is 0.